The highest BCUT2D eigenvalue weighted by Crippen LogP contribution is 2.33. The second kappa shape index (κ2) is 7.69. The number of halogens is 3. The molecule has 0 saturated carbocycles. The average molecular weight is 418 g/mol. The van der Waals surface area contributed by atoms with Crippen molar-refractivity contribution in [1.29, 1.82) is 0 Å². The van der Waals surface area contributed by atoms with E-state index in [1.807, 2.05) is 18.2 Å². The molecule has 0 aliphatic carbocycles. The molecule has 4 rings (SSSR count). The molecule has 3 aromatic rings. The lowest BCUT2D eigenvalue weighted by Gasteiger charge is -2.36. The van der Waals surface area contributed by atoms with E-state index in [1.54, 1.807) is 13.2 Å². The number of carbonyl (C=O) groups is 1. The Labute approximate surface area is 169 Å². The van der Waals surface area contributed by atoms with Crippen molar-refractivity contribution in [1.82, 2.24) is 15.0 Å². The molecule has 0 spiro atoms. The first-order chi connectivity index (χ1) is 14.3. The third kappa shape index (κ3) is 3.93. The number of amides is 2. The summed E-state index contributed by atoms with van der Waals surface area (Å²) >= 11 is 0. The Bertz CT molecular complexity index is 1060. The van der Waals surface area contributed by atoms with Gasteiger partial charge in [-0.1, -0.05) is 23.4 Å². The average Bonchev–Trinajstić information content (AvgIpc) is 3.15. The predicted molar refractivity (Wildman–Crippen MR) is 101 cm³/mol. The van der Waals surface area contributed by atoms with Gasteiger partial charge in [-0.05, 0) is 30.3 Å². The number of nitrogens with zero attached hydrogens (tertiary/aromatic N) is 3. The fraction of sp³-hybridized carbons (Fsp3) is 0.250. The standard InChI is InChI=1S/C20H17F3N4O3/c1-29-16-8-3-2-7-15(16)17-25-18(30-26-17)12-10-27(11-12)19(28)24-14-6-4-5-13(9-14)20(21,22)23/h2-9,12H,10-11H2,1H3,(H,24,28). The fourth-order valence-corrected chi connectivity index (χ4v) is 3.12. The van der Waals surface area contributed by atoms with Crippen LogP contribution in [-0.4, -0.2) is 41.3 Å². The van der Waals surface area contributed by atoms with Crippen LogP contribution in [0.5, 0.6) is 5.75 Å². The van der Waals surface area contributed by atoms with E-state index < -0.39 is 17.8 Å². The molecule has 2 heterocycles. The highest BCUT2D eigenvalue weighted by molar-refractivity contribution is 5.90. The minimum atomic E-state index is -4.47. The van der Waals surface area contributed by atoms with Gasteiger partial charge in [0.05, 0.1) is 24.2 Å². The van der Waals surface area contributed by atoms with Crippen LogP contribution in [-0.2, 0) is 6.18 Å². The van der Waals surface area contributed by atoms with Gasteiger partial charge in [0.15, 0.2) is 0 Å². The van der Waals surface area contributed by atoms with Crippen LogP contribution in [0.4, 0.5) is 23.7 Å². The summed E-state index contributed by atoms with van der Waals surface area (Å²) in [7, 11) is 1.55. The topological polar surface area (TPSA) is 80.5 Å². The zero-order valence-electron chi connectivity index (χ0n) is 15.8. The molecule has 2 aromatic carbocycles. The van der Waals surface area contributed by atoms with Gasteiger partial charge >= 0.3 is 12.2 Å². The van der Waals surface area contributed by atoms with Gasteiger partial charge in [-0.2, -0.15) is 18.2 Å². The number of methoxy groups -OCH3 is 1. The summed E-state index contributed by atoms with van der Waals surface area (Å²) in [4.78, 5) is 18.1. The quantitative estimate of drug-likeness (QED) is 0.680. The molecule has 1 aromatic heterocycles. The number of hydrogen-bond donors (Lipinski definition) is 1. The van der Waals surface area contributed by atoms with Crippen molar-refractivity contribution in [2.24, 2.45) is 0 Å². The van der Waals surface area contributed by atoms with Crippen molar-refractivity contribution in [3.8, 4) is 17.1 Å². The molecule has 7 nitrogen and oxygen atoms in total. The first-order valence-corrected chi connectivity index (χ1v) is 9.05. The second-order valence-electron chi connectivity index (χ2n) is 6.77. The second-order valence-corrected chi connectivity index (χ2v) is 6.77. The van der Waals surface area contributed by atoms with Crippen molar-refractivity contribution >= 4 is 11.7 Å². The number of anilines is 1. The Balaban J connectivity index is 1.37. The molecule has 0 radical (unpaired) electrons. The van der Waals surface area contributed by atoms with Crippen molar-refractivity contribution < 1.29 is 27.2 Å². The SMILES string of the molecule is COc1ccccc1-c1noc(C2CN(C(=O)Nc3cccc(C(F)(F)F)c3)C2)n1. The summed E-state index contributed by atoms with van der Waals surface area (Å²) in [6, 6.07) is 11.3. The van der Waals surface area contributed by atoms with Gasteiger partial charge in [0, 0.05) is 18.8 Å². The van der Waals surface area contributed by atoms with Gasteiger partial charge in [0.2, 0.25) is 11.7 Å². The van der Waals surface area contributed by atoms with Crippen LogP contribution in [0.1, 0.15) is 17.4 Å². The van der Waals surface area contributed by atoms with E-state index in [2.05, 4.69) is 15.5 Å². The van der Waals surface area contributed by atoms with Crippen LogP contribution >= 0.6 is 0 Å². The molecular formula is C20H17F3N4O3. The number of nitrogens with one attached hydrogen (secondary N) is 1. The number of benzene rings is 2. The Kier molecular flexibility index (Phi) is 5.06. The van der Waals surface area contributed by atoms with E-state index >= 15 is 0 Å². The summed E-state index contributed by atoms with van der Waals surface area (Å²) < 4.78 is 49.0. The largest absolute Gasteiger partial charge is 0.496 e. The summed E-state index contributed by atoms with van der Waals surface area (Å²) in [6.07, 6.45) is -4.47. The van der Waals surface area contributed by atoms with Crippen molar-refractivity contribution in [3.63, 3.8) is 0 Å². The Hall–Kier alpha value is -3.56. The summed E-state index contributed by atoms with van der Waals surface area (Å²) in [5.74, 6) is 1.24. The molecule has 1 aliphatic rings. The van der Waals surface area contributed by atoms with Gasteiger partial charge in [-0.3, -0.25) is 0 Å². The number of likely N-dealkylation sites (tertiary alicyclic amines) is 1. The van der Waals surface area contributed by atoms with Crippen molar-refractivity contribution in [2.45, 2.75) is 12.1 Å². The molecule has 0 unspecified atom stereocenters. The summed E-state index contributed by atoms with van der Waals surface area (Å²) in [5.41, 5.74) is -0.0560. The molecule has 1 N–H and O–H groups in total. The van der Waals surface area contributed by atoms with Gasteiger partial charge in [0.1, 0.15) is 5.75 Å². The maximum atomic E-state index is 12.8. The molecule has 30 heavy (non-hydrogen) atoms. The summed E-state index contributed by atoms with van der Waals surface area (Å²) in [5, 5.41) is 6.45. The van der Waals surface area contributed by atoms with Crippen molar-refractivity contribution in [2.75, 3.05) is 25.5 Å². The van der Waals surface area contributed by atoms with Crippen LogP contribution in [0.2, 0.25) is 0 Å². The molecule has 1 fully saturated rings. The monoisotopic (exact) mass is 418 g/mol. The van der Waals surface area contributed by atoms with Gasteiger partial charge in [-0.25, -0.2) is 4.79 Å². The highest BCUT2D eigenvalue weighted by Gasteiger charge is 2.36. The van der Waals surface area contributed by atoms with Crippen molar-refractivity contribution in [3.05, 3.63) is 60.0 Å². The maximum absolute atomic E-state index is 12.8. The molecule has 10 heteroatoms. The number of carbonyl (C=O) groups excluding carboxylic acids is 1. The third-order valence-corrected chi connectivity index (χ3v) is 4.75. The fourth-order valence-electron chi connectivity index (χ4n) is 3.12. The number of hydrogen-bond acceptors (Lipinski definition) is 5. The minimum absolute atomic E-state index is 0.0783. The van der Waals surface area contributed by atoms with Crippen LogP contribution in [0.25, 0.3) is 11.4 Å². The Morgan fingerprint density at radius 1 is 1.20 bits per heavy atom. The number of urea groups is 1. The number of aromatic nitrogens is 2. The molecule has 156 valence electrons. The number of para-hydroxylation sites is 1. The van der Waals surface area contributed by atoms with Crippen LogP contribution in [0.3, 0.4) is 0 Å². The lowest BCUT2D eigenvalue weighted by Crippen LogP contribution is -2.50. The smallest absolute Gasteiger partial charge is 0.416 e. The normalized spacial score (nSPS) is 14.3. The van der Waals surface area contributed by atoms with E-state index in [-0.39, 0.29) is 11.6 Å². The molecule has 1 aliphatic heterocycles. The van der Waals surface area contributed by atoms with Gasteiger partial charge < -0.3 is 19.5 Å². The Morgan fingerprint density at radius 2 is 1.97 bits per heavy atom. The number of alkyl halides is 3. The van der Waals surface area contributed by atoms with Crippen LogP contribution < -0.4 is 10.1 Å². The zero-order chi connectivity index (χ0) is 21.3. The predicted octanol–water partition coefficient (Wildman–Crippen LogP) is 4.40. The first-order valence-electron chi connectivity index (χ1n) is 9.05. The van der Waals surface area contributed by atoms with E-state index in [0.717, 1.165) is 12.1 Å². The third-order valence-electron chi connectivity index (χ3n) is 4.75. The molecule has 2 amide bonds. The Morgan fingerprint density at radius 3 is 2.70 bits per heavy atom. The van der Waals surface area contributed by atoms with E-state index in [1.165, 1.54) is 17.0 Å². The van der Waals surface area contributed by atoms with Gasteiger partial charge in [0.25, 0.3) is 0 Å². The van der Waals surface area contributed by atoms with Gasteiger partial charge in [-0.15, -0.1) is 0 Å². The maximum Gasteiger partial charge on any atom is 0.416 e. The molecule has 0 atom stereocenters. The van der Waals surface area contributed by atoms with E-state index in [4.69, 9.17) is 9.26 Å². The number of ether oxygens (including phenoxy) is 1. The minimum Gasteiger partial charge on any atom is -0.496 e. The lowest BCUT2D eigenvalue weighted by molar-refractivity contribution is -0.137. The first kappa shape index (κ1) is 19.7. The lowest BCUT2D eigenvalue weighted by atomic mass is 10.0. The zero-order valence-corrected chi connectivity index (χ0v) is 15.8. The summed E-state index contributed by atoms with van der Waals surface area (Å²) in [6.45, 7) is 0.636. The molecule has 0 bridgehead atoms. The molecule has 1 saturated heterocycles. The van der Waals surface area contributed by atoms with Crippen LogP contribution in [0, 0.1) is 0 Å². The molecular weight excluding hydrogens is 401 g/mol. The van der Waals surface area contributed by atoms with Crippen LogP contribution in [0.15, 0.2) is 53.1 Å². The highest BCUT2D eigenvalue weighted by atomic mass is 19.4. The van der Waals surface area contributed by atoms with E-state index in [0.29, 0.717) is 36.1 Å². The number of rotatable bonds is 4. The van der Waals surface area contributed by atoms with E-state index in [9.17, 15) is 18.0 Å².